The molecular formula is C19H23N3O4. The molecule has 1 aliphatic carbocycles. The molecule has 0 spiro atoms. The fourth-order valence-electron chi connectivity index (χ4n) is 3.89. The van der Waals surface area contributed by atoms with Gasteiger partial charge in [-0.25, -0.2) is 4.98 Å². The molecule has 1 unspecified atom stereocenters. The van der Waals surface area contributed by atoms with Crippen LogP contribution in [0.2, 0.25) is 0 Å². The molecule has 1 N–H and O–H groups in total. The summed E-state index contributed by atoms with van der Waals surface area (Å²) < 4.78 is 11.6. The lowest BCUT2D eigenvalue weighted by Crippen LogP contribution is -2.43. The summed E-state index contributed by atoms with van der Waals surface area (Å²) in [6.07, 6.45) is 3.58. The molecule has 0 bridgehead atoms. The summed E-state index contributed by atoms with van der Waals surface area (Å²) in [6, 6.07) is 1.44. The third-order valence-corrected chi connectivity index (χ3v) is 5.11. The number of furan rings is 1. The van der Waals surface area contributed by atoms with E-state index < -0.39 is 6.10 Å². The molecule has 1 fully saturated rings. The molecule has 2 aliphatic rings. The lowest BCUT2D eigenvalue weighted by atomic mass is 9.94. The topological polar surface area (TPSA) is 88.4 Å². The Hall–Kier alpha value is -2.41. The summed E-state index contributed by atoms with van der Waals surface area (Å²) in [7, 11) is 0. The molecule has 7 heteroatoms. The highest BCUT2D eigenvalue weighted by Crippen LogP contribution is 2.31. The zero-order valence-corrected chi connectivity index (χ0v) is 15.1. The first-order chi connectivity index (χ1) is 12.5. The number of carbonyl (C=O) groups is 1. The van der Waals surface area contributed by atoms with Gasteiger partial charge in [-0.1, -0.05) is 0 Å². The molecule has 0 aromatic carbocycles. The second-order valence-corrected chi connectivity index (χ2v) is 7.02. The molecule has 1 aliphatic heterocycles. The fraction of sp³-hybridized carbons (Fsp3) is 0.526. The summed E-state index contributed by atoms with van der Waals surface area (Å²) in [4.78, 5) is 33.8. The summed E-state index contributed by atoms with van der Waals surface area (Å²) in [5.41, 5.74) is 2.21. The van der Waals surface area contributed by atoms with Crippen molar-refractivity contribution in [3.05, 3.63) is 50.6 Å². The van der Waals surface area contributed by atoms with Gasteiger partial charge in [-0.15, -0.1) is 0 Å². The van der Waals surface area contributed by atoms with E-state index in [9.17, 15) is 9.59 Å². The van der Waals surface area contributed by atoms with Crippen LogP contribution in [0.4, 0.5) is 0 Å². The number of morpholine rings is 1. The first-order valence-corrected chi connectivity index (χ1v) is 9.13. The quantitative estimate of drug-likeness (QED) is 0.889. The molecule has 1 atom stereocenters. The van der Waals surface area contributed by atoms with E-state index in [1.807, 2.05) is 6.92 Å². The molecule has 0 radical (unpaired) electrons. The van der Waals surface area contributed by atoms with E-state index in [2.05, 4.69) is 9.97 Å². The number of rotatable bonds is 2. The molecule has 0 saturated carbocycles. The van der Waals surface area contributed by atoms with Gasteiger partial charge in [0.15, 0.2) is 0 Å². The Morgan fingerprint density at radius 2 is 2.12 bits per heavy atom. The van der Waals surface area contributed by atoms with Gasteiger partial charge in [0.05, 0.1) is 18.7 Å². The minimum atomic E-state index is -0.427. The third-order valence-electron chi connectivity index (χ3n) is 5.11. The smallest absolute Gasteiger partial charge is 0.257 e. The average Bonchev–Trinajstić information content (AvgIpc) is 2.96. The SMILES string of the molecule is Cc1cc(=O)[nH]c(C2CN(C(=O)c3c(C)oc4c3CCCC4)CCO2)n1. The maximum absolute atomic E-state index is 13.2. The van der Waals surface area contributed by atoms with Crippen LogP contribution >= 0.6 is 0 Å². The van der Waals surface area contributed by atoms with Crippen molar-refractivity contribution in [1.82, 2.24) is 14.9 Å². The number of amides is 1. The Bertz CT molecular complexity index is 899. The highest BCUT2D eigenvalue weighted by molar-refractivity contribution is 5.97. The fourth-order valence-corrected chi connectivity index (χ4v) is 3.89. The van der Waals surface area contributed by atoms with Crippen molar-refractivity contribution in [2.75, 3.05) is 19.7 Å². The van der Waals surface area contributed by atoms with Crippen LogP contribution in [0.5, 0.6) is 0 Å². The first kappa shape index (κ1) is 17.0. The molecular weight excluding hydrogens is 334 g/mol. The van der Waals surface area contributed by atoms with Crippen molar-refractivity contribution in [1.29, 1.82) is 0 Å². The summed E-state index contributed by atoms with van der Waals surface area (Å²) in [6.45, 7) is 4.93. The van der Waals surface area contributed by atoms with Crippen LogP contribution in [0.1, 0.15) is 57.9 Å². The van der Waals surface area contributed by atoms with Crippen molar-refractivity contribution in [2.24, 2.45) is 0 Å². The zero-order valence-electron chi connectivity index (χ0n) is 15.1. The van der Waals surface area contributed by atoms with E-state index in [0.717, 1.165) is 37.0 Å². The maximum Gasteiger partial charge on any atom is 0.257 e. The third kappa shape index (κ3) is 3.07. The number of hydrogen-bond donors (Lipinski definition) is 1. The number of ether oxygens (including phenoxy) is 1. The average molecular weight is 357 g/mol. The van der Waals surface area contributed by atoms with Gasteiger partial charge in [0.25, 0.3) is 11.5 Å². The van der Waals surface area contributed by atoms with Gasteiger partial charge in [0, 0.05) is 30.3 Å². The van der Waals surface area contributed by atoms with Crippen LogP contribution in [0.3, 0.4) is 0 Å². The molecule has 1 saturated heterocycles. The number of carbonyl (C=O) groups excluding carboxylic acids is 1. The molecule has 26 heavy (non-hydrogen) atoms. The van der Waals surface area contributed by atoms with E-state index in [1.165, 1.54) is 6.07 Å². The largest absolute Gasteiger partial charge is 0.465 e. The van der Waals surface area contributed by atoms with Gasteiger partial charge < -0.3 is 19.0 Å². The Kier molecular flexibility index (Phi) is 4.40. The first-order valence-electron chi connectivity index (χ1n) is 9.13. The number of aromatic amines is 1. The van der Waals surface area contributed by atoms with E-state index in [4.69, 9.17) is 9.15 Å². The minimum absolute atomic E-state index is 0.0160. The zero-order chi connectivity index (χ0) is 18.3. The number of H-pyrrole nitrogens is 1. The van der Waals surface area contributed by atoms with Gasteiger partial charge in [0.1, 0.15) is 23.4 Å². The number of fused-ring (bicyclic) bond motifs is 1. The van der Waals surface area contributed by atoms with Crippen LogP contribution in [-0.2, 0) is 17.6 Å². The van der Waals surface area contributed by atoms with Crippen molar-refractivity contribution < 1.29 is 13.9 Å². The summed E-state index contributed by atoms with van der Waals surface area (Å²) >= 11 is 0. The molecule has 3 heterocycles. The van der Waals surface area contributed by atoms with Gasteiger partial charge >= 0.3 is 0 Å². The lowest BCUT2D eigenvalue weighted by Gasteiger charge is -2.32. The Morgan fingerprint density at radius 3 is 2.92 bits per heavy atom. The van der Waals surface area contributed by atoms with E-state index in [0.29, 0.717) is 42.5 Å². The van der Waals surface area contributed by atoms with Crippen LogP contribution in [-0.4, -0.2) is 40.5 Å². The van der Waals surface area contributed by atoms with Crippen molar-refractivity contribution in [3.8, 4) is 0 Å². The Morgan fingerprint density at radius 1 is 1.31 bits per heavy atom. The maximum atomic E-state index is 13.2. The van der Waals surface area contributed by atoms with Crippen LogP contribution < -0.4 is 5.56 Å². The highest BCUT2D eigenvalue weighted by Gasteiger charge is 2.32. The van der Waals surface area contributed by atoms with E-state index in [1.54, 1.807) is 11.8 Å². The standard InChI is InChI=1S/C19H23N3O4/c1-11-9-16(23)21-18(20-11)15-10-22(7-8-25-15)19(24)17-12(2)26-14-6-4-3-5-13(14)17/h9,15H,3-8,10H2,1-2H3,(H,20,21,23). The monoisotopic (exact) mass is 357 g/mol. The van der Waals surface area contributed by atoms with Crippen LogP contribution in [0, 0.1) is 13.8 Å². The van der Waals surface area contributed by atoms with Crippen molar-refractivity contribution in [2.45, 2.75) is 45.6 Å². The Labute approximate surface area is 151 Å². The number of hydrogen-bond acceptors (Lipinski definition) is 5. The second kappa shape index (κ2) is 6.72. The molecule has 2 aromatic rings. The number of nitrogens with one attached hydrogen (secondary N) is 1. The highest BCUT2D eigenvalue weighted by atomic mass is 16.5. The predicted molar refractivity (Wildman–Crippen MR) is 94.3 cm³/mol. The molecule has 138 valence electrons. The van der Waals surface area contributed by atoms with Gasteiger partial charge in [0.2, 0.25) is 0 Å². The molecule has 7 nitrogen and oxygen atoms in total. The summed E-state index contributed by atoms with van der Waals surface area (Å²) in [5, 5.41) is 0. The normalized spacial score (nSPS) is 20.1. The Balaban J connectivity index is 1.59. The molecule has 4 rings (SSSR count). The van der Waals surface area contributed by atoms with Crippen molar-refractivity contribution >= 4 is 5.91 Å². The van der Waals surface area contributed by atoms with E-state index in [-0.39, 0.29) is 11.5 Å². The van der Waals surface area contributed by atoms with Crippen molar-refractivity contribution in [3.63, 3.8) is 0 Å². The lowest BCUT2D eigenvalue weighted by molar-refractivity contribution is -0.0270. The molecule has 2 aromatic heterocycles. The predicted octanol–water partition coefficient (Wildman–Crippen LogP) is 2.07. The van der Waals surface area contributed by atoms with Gasteiger partial charge in [-0.2, -0.15) is 0 Å². The number of aromatic nitrogens is 2. The van der Waals surface area contributed by atoms with Gasteiger partial charge in [-0.05, 0) is 33.1 Å². The number of nitrogens with zero attached hydrogens (tertiary/aromatic N) is 2. The van der Waals surface area contributed by atoms with Crippen LogP contribution in [0.25, 0.3) is 0 Å². The van der Waals surface area contributed by atoms with Gasteiger partial charge in [-0.3, -0.25) is 9.59 Å². The minimum Gasteiger partial charge on any atom is -0.465 e. The van der Waals surface area contributed by atoms with Crippen LogP contribution in [0.15, 0.2) is 15.3 Å². The summed E-state index contributed by atoms with van der Waals surface area (Å²) in [5.74, 6) is 2.12. The second-order valence-electron chi connectivity index (χ2n) is 7.02. The number of aryl methyl sites for hydroxylation is 3. The molecule has 1 amide bonds. The van der Waals surface area contributed by atoms with E-state index >= 15 is 0 Å².